The zero-order chi connectivity index (χ0) is 30.5. The topological polar surface area (TPSA) is 192 Å². The highest BCUT2D eigenvalue weighted by Crippen LogP contribution is 2.01. The molecule has 15 heteroatoms. The maximum atomic E-state index is 12.6. The Morgan fingerprint density at radius 1 is 0.610 bits per heavy atom. The Labute approximate surface area is 241 Å². The van der Waals surface area contributed by atoms with Gasteiger partial charge in [0.25, 0.3) is 0 Å². The molecule has 15 nitrogen and oxygen atoms in total. The summed E-state index contributed by atoms with van der Waals surface area (Å²) in [5, 5.41) is 26.8. The molecule has 0 radical (unpaired) electrons. The largest absolute Gasteiger partial charge is 0.480 e. The molecule has 0 aliphatic carbocycles. The lowest BCUT2D eigenvalue weighted by atomic mass is 10.2. The summed E-state index contributed by atoms with van der Waals surface area (Å²) in [6, 6.07) is 0. The third-order valence-corrected chi connectivity index (χ3v) is 6.55. The summed E-state index contributed by atoms with van der Waals surface area (Å²) in [6.45, 7) is 6.05. The van der Waals surface area contributed by atoms with E-state index < -0.39 is 11.9 Å². The molecule has 1 aliphatic rings. The van der Waals surface area contributed by atoms with Crippen LogP contribution < -0.4 is 16.0 Å². The normalized spacial score (nSPS) is 16.6. The van der Waals surface area contributed by atoms with Gasteiger partial charge in [0, 0.05) is 84.8 Å². The second-order valence-corrected chi connectivity index (χ2v) is 9.99. The van der Waals surface area contributed by atoms with Crippen LogP contribution in [0.2, 0.25) is 0 Å². The molecule has 5 N–H and O–H groups in total. The molecule has 1 heterocycles. The van der Waals surface area contributed by atoms with Gasteiger partial charge in [0.2, 0.25) is 17.7 Å². The molecule has 0 spiro atoms. The van der Waals surface area contributed by atoms with E-state index in [9.17, 15) is 39.0 Å². The number of nitrogens with one attached hydrogen (secondary N) is 3. The summed E-state index contributed by atoms with van der Waals surface area (Å²) >= 11 is 0. The molecule has 234 valence electrons. The first-order valence-electron chi connectivity index (χ1n) is 14.2. The van der Waals surface area contributed by atoms with Gasteiger partial charge in [-0.05, 0) is 6.42 Å². The number of carboxylic acid groups (broad SMARTS) is 2. The number of amides is 3. The van der Waals surface area contributed by atoms with E-state index in [1.54, 1.807) is 9.80 Å². The Bertz CT molecular complexity index is 813. The molecule has 0 saturated carbocycles. The van der Waals surface area contributed by atoms with Crippen molar-refractivity contribution in [3.63, 3.8) is 0 Å². The molecule has 1 fully saturated rings. The highest BCUT2D eigenvalue weighted by molar-refractivity contribution is 5.83. The van der Waals surface area contributed by atoms with Crippen molar-refractivity contribution < 1.29 is 39.0 Å². The molecule has 1 aliphatic heterocycles. The number of carboxylic acids is 2. The second kappa shape index (κ2) is 21.6. The third kappa shape index (κ3) is 18.8. The average Bonchev–Trinajstić information content (AvgIpc) is 2.91. The highest BCUT2D eigenvalue weighted by Gasteiger charge is 2.20. The lowest BCUT2D eigenvalue weighted by Gasteiger charge is -2.32. The second-order valence-electron chi connectivity index (χ2n) is 9.99. The van der Waals surface area contributed by atoms with Gasteiger partial charge in [-0.3, -0.25) is 43.6 Å². The van der Waals surface area contributed by atoms with Gasteiger partial charge >= 0.3 is 11.9 Å². The van der Waals surface area contributed by atoms with Crippen LogP contribution >= 0.6 is 0 Å². The van der Waals surface area contributed by atoms with Crippen LogP contribution in [-0.4, -0.2) is 164 Å². The van der Waals surface area contributed by atoms with Crippen LogP contribution in [0.15, 0.2) is 0 Å². The van der Waals surface area contributed by atoms with Crippen molar-refractivity contribution in [1.29, 1.82) is 0 Å². The van der Waals surface area contributed by atoms with Gasteiger partial charge in [-0.15, -0.1) is 0 Å². The monoisotopic (exact) mass is 585 g/mol. The van der Waals surface area contributed by atoms with E-state index >= 15 is 0 Å². The summed E-state index contributed by atoms with van der Waals surface area (Å²) < 4.78 is 0. The summed E-state index contributed by atoms with van der Waals surface area (Å²) in [4.78, 5) is 77.4. The number of carbonyl (C=O) groups is 6. The Morgan fingerprint density at radius 2 is 1.00 bits per heavy atom. The van der Waals surface area contributed by atoms with Crippen LogP contribution in [0.25, 0.3) is 0 Å². The van der Waals surface area contributed by atoms with E-state index in [1.807, 2.05) is 16.7 Å². The van der Waals surface area contributed by atoms with Crippen molar-refractivity contribution in [1.82, 2.24) is 35.6 Å². The standard InChI is InChI=1S/C26H47N7O8/c1-2-3-6-27-22(35)4-5-23(36)28-7-8-29-24(37)19-31-13-15-32(20-25(38)39)11-9-30(17-18-34)10-12-33(16-14-31)21-26(40)41/h18H,2-17,19-21H2,1H3,(H,27,35)(H,28,36)(H,29,37)(H,38,39)(H,40,41). The predicted molar refractivity (Wildman–Crippen MR) is 150 cm³/mol. The minimum absolute atomic E-state index is 0.0188. The van der Waals surface area contributed by atoms with E-state index in [-0.39, 0.29) is 69.8 Å². The SMILES string of the molecule is CCCCNC(=O)CCC(=O)NCCNC(=O)CN1CCN(CC(=O)O)CCN(CC=O)CCN(CC(=O)O)CC1. The van der Waals surface area contributed by atoms with Gasteiger partial charge in [0.1, 0.15) is 6.29 Å². The molecule has 0 atom stereocenters. The minimum atomic E-state index is -0.977. The average molecular weight is 586 g/mol. The predicted octanol–water partition coefficient (Wildman–Crippen LogP) is -2.49. The molecular weight excluding hydrogens is 538 g/mol. The lowest BCUT2D eigenvalue weighted by molar-refractivity contribution is -0.139. The van der Waals surface area contributed by atoms with Crippen molar-refractivity contribution in [2.24, 2.45) is 0 Å². The number of nitrogens with zero attached hydrogens (tertiary/aromatic N) is 4. The summed E-state index contributed by atoms with van der Waals surface area (Å²) in [6.07, 6.45) is 2.79. The number of carbonyl (C=O) groups excluding carboxylic acids is 4. The summed E-state index contributed by atoms with van der Waals surface area (Å²) in [5.41, 5.74) is 0. The summed E-state index contributed by atoms with van der Waals surface area (Å²) in [7, 11) is 0. The first-order valence-corrected chi connectivity index (χ1v) is 14.2. The maximum absolute atomic E-state index is 12.6. The minimum Gasteiger partial charge on any atom is -0.480 e. The van der Waals surface area contributed by atoms with Crippen LogP contribution in [0.3, 0.4) is 0 Å². The van der Waals surface area contributed by atoms with Crippen LogP contribution in [0, 0.1) is 0 Å². The number of hydrogen-bond donors (Lipinski definition) is 5. The number of unbranched alkanes of at least 4 members (excludes halogenated alkanes) is 1. The number of aldehydes is 1. The van der Waals surface area contributed by atoms with Crippen LogP contribution in [0.4, 0.5) is 0 Å². The lowest BCUT2D eigenvalue weighted by Crippen LogP contribution is -2.49. The van der Waals surface area contributed by atoms with Gasteiger partial charge in [-0.25, -0.2) is 0 Å². The van der Waals surface area contributed by atoms with Crippen molar-refractivity contribution in [2.75, 3.05) is 98.2 Å². The molecule has 0 aromatic rings. The van der Waals surface area contributed by atoms with Gasteiger partial charge < -0.3 is 31.0 Å². The molecule has 0 bridgehead atoms. The van der Waals surface area contributed by atoms with E-state index in [0.717, 1.165) is 19.1 Å². The fraction of sp³-hybridized carbons (Fsp3) is 0.769. The zero-order valence-corrected chi connectivity index (χ0v) is 24.1. The quantitative estimate of drug-likeness (QED) is 0.0892. The number of aliphatic carboxylic acids is 2. The smallest absolute Gasteiger partial charge is 0.317 e. The van der Waals surface area contributed by atoms with E-state index in [1.165, 1.54) is 0 Å². The fourth-order valence-electron chi connectivity index (χ4n) is 4.19. The zero-order valence-electron chi connectivity index (χ0n) is 24.1. The van der Waals surface area contributed by atoms with Gasteiger partial charge in [-0.1, -0.05) is 13.3 Å². The number of rotatable bonds is 17. The van der Waals surface area contributed by atoms with Crippen molar-refractivity contribution in [3.8, 4) is 0 Å². The Morgan fingerprint density at radius 3 is 1.41 bits per heavy atom. The first kappa shape index (κ1) is 35.9. The van der Waals surface area contributed by atoms with Crippen molar-refractivity contribution in [3.05, 3.63) is 0 Å². The van der Waals surface area contributed by atoms with Gasteiger partial charge in [0.15, 0.2) is 0 Å². The Balaban J connectivity index is 2.61. The molecule has 3 amide bonds. The van der Waals surface area contributed by atoms with Crippen molar-refractivity contribution in [2.45, 2.75) is 32.6 Å². The molecule has 0 unspecified atom stereocenters. The molecular formula is C26H47N7O8. The van der Waals surface area contributed by atoms with Crippen LogP contribution in [-0.2, 0) is 28.8 Å². The van der Waals surface area contributed by atoms with Gasteiger partial charge in [0.05, 0.1) is 26.2 Å². The Hall–Kier alpha value is -3.14. The van der Waals surface area contributed by atoms with Crippen molar-refractivity contribution >= 4 is 35.9 Å². The number of hydrogen-bond acceptors (Lipinski definition) is 10. The molecule has 41 heavy (non-hydrogen) atoms. The van der Waals surface area contributed by atoms with E-state index in [2.05, 4.69) is 16.0 Å². The first-order chi connectivity index (χ1) is 19.6. The maximum Gasteiger partial charge on any atom is 0.317 e. The summed E-state index contributed by atoms with van der Waals surface area (Å²) in [5.74, 6) is -2.69. The van der Waals surface area contributed by atoms with Gasteiger partial charge in [-0.2, -0.15) is 0 Å². The fourth-order valence-corrected chi connectivity index (χ4v) is 4.19. The van der Waals surface area contributed by atoms with E-state index in [0.29, 0.717) is 58.9 Å². The molecule has 0 aromatic heterocycles. The highest BCUT2D eigenvalue weighted by atomic mass is 16.4. The molecule has 0 aromatic carbocycles. The van der Waals surface area contributed by atoms with Crippen LogP contribution in [0.1, 0.15) is 32.6 Å². The van der Waals surface area contributed by atoms with E-state index in [4.69, 9.17) is 0 Å². The third-order valence-electron chi connectivity index (χ3n) is 6.55. The van der Waals surface area contributed by atoms with Crippen LogP contribution in [0.5, 0.6) is 0 Å². The molecule has 1 rings (SSSR count). The molecule has 1 saturated heterocycles. The Kier molecular flexibility index (Phi) is 18.9.